The number of rotatable bonds is 9. The van der Waals surface area contributed by atoms with E-state index >= 15 is 0 Å². The Bertz CT molecular complexity index is 1150. The van der Waals surface area contributed by atoms with E-state index in [-0.39, 0.29) is 5.91 Å². The first-order chi connectivity index (χ1) is 15.9. The summed E-state index contributed by atoms with van der Waals surface area (Å²) < 4.78 is 19.5. The minimum Gasteiger partial charge on any atom is -0.496 e. The molecule has 0 aliphatic carbocycles. The van der Waals surface area contributed by atoms with Crippen LogP contribution in [0.3, 0.4) is 0 Å². The maximum Gasteiger partial charge on any atom is 0.275 e. The Morgan fingerprint density at radius 1 is 0.970 bits per heavy atom. The fourth-order valence-corrected chi connectivity index (χ4v) is 4.08. The molecule has 0 unspecified atom stereocenters. The SMILES string of the molecule is CCOc1cc(/C=N\NC(=O)c2cc(Br)ccc2OC)cc(Br)c1OCc1ccc(Br)cc1. The predicted molar refractivity (Wildman–Crippen MR) is 140 cm³/mol. The fraction of sp³-hybridized carbons (Fsp3) is 0.167. The molecule has 0 aliphatic heterocycles. The second-order valence-corrected chi connectivity index (χ2v) is 9.41. The van der Waals surface area contributed by atoms with Gasteiger partial charge in [0.2, 0.25) is 0 Å². The van der Waals surface area contributed by atoms with E-state index in [0.717, 1.165) is 20.1 Å². The minimum atomic E-state index is -0.386. The van der Waals surface area contributed by atoms with Gasteiger partial charge in [0.25, 0.3) is 5.91 Å². The lowest BCUT2D eigenvalue weighted by molar-refractivity contribution is 0.0952. The number of halogens is 3. The molecule has 1 N–H and O–H groups in total. The van der Waals surface area contributed by atoms with Crippen molar-refractivity contribution in [3.8, 4) is 17.2 Å². The molecule has 0 spiro atoms. The van der Waals surface area contributed by atoms with Crippen LogP contribution in [-0.4, -0.2) is 25.8 Å². The second-order valence-electron chi connectivity index (χ2n) is 6.72. The van der Waals surface area contributed by atoms with E-state index in [4.69, 9.17) is 14.2 Å². The third-order valence-electron chi connectivity index (χ3n) is 4.41. The molecule has 0 aliphatic rings. The number of benzene rings is 3. The van der Waals surface area contributed by atoms with Crippen LogP contribution in [-0.2, 0) is 6.61 Å². The van der Waals surface area contributed by atoms with Crippen molar-refractivity contribution in [3.63, 3.8) is 0 Å². The molecule has 0 fully saturated rings. The van der Waals surface area contributed by atoms with Crippen molar-refractivity contribution in [1.29, 1.82) is 0 Å². The Morgan fingerprint density at radius 2 is 1.70 bits per heavy atom. The standard InChI is InChI=1S/C24H21Br3N2O4/c1-3-32-22-11-16(10-20(27)23(22)33-14-15-4-6-17(25)7-5-15)13-28-29-24(30)19-12-18(26)8-9-21(19)31-2/h4-13H,3,14H2,1-2H3,(H,29,30)/b28-13-. The molecule has 0 radical (unpaired) electrons. The molecule has 3 rings (SSSR count). The molecular weight excluding hydrogens is 620 g/mol. The number of hydrogen-bond acceptors (Lipinski definition) is 5. The van der Waals surface area contributed by atoms with Crippen molar-refractivity contribution in [2.45, 2.75) is 13.5 Å². The average Bonchev–Trinajstić information content (AvgIpc) is 2.80. The molecule has 1 amide bonds. The molecule has 3 aromatic carbocycles. The van der Waals surface area contributed by atoms with Gasteiger partial charge in [-0.25, -0.2) is 5.43 Å². The number of nitrogens with zero attached hydrogens (tertiary/aromatic N) is 1. The summed E-state index contributed by atoms with van der Waals surface area (Å²) in [6.45, 7) is 2.77. The number of ether oxygens (including phenoxy) is 3. The highest BCUT2D eigenvalue weighted by molar-refractivity contribution is 9.11. The summed E-state index contributed by atoms with van der Waals surface area (Å²) in [5.74, 6) is 1.24. The molecule has 3 aromatic rings. The first-order valence-corrected chi connectivity index (χ1v) is 12.3. The van der Waals surface area contributed by atoms with Gasteiger partial charge in [-0.2, -0.15) is 5.10 Å². The maximum absolute atomic E-state index is 12.5. The van der Waals surface area contributed by atoms with Crippen LogP contribution in [0.4, 0.5) is 0 Å². The maximum atomic E-state index is 12.5. The Balaban J connectivity index is 1.74. The van der Waals surface area contributed by atoms with E-state index in [9.17, 15) is 4.79 Å². The summed E-state index contributed by atoms with van der Waals surface area (Å²) in [7, 11) is 1.51. The van der Waals surface area contributed by atoms with Crippen LogP contribution in [0.25, 0.3) is 0 Å². The summed E-state index contributed by atoms with van der Waals surface area (Å²) in [6, 6.07) is 16.7. The molecule has 6 nitrogen and oxygen atoms in total. The van der Waals surface area contributed by atoms with Crippen molar-refractivity contribution in [3.05, 3.63) is 84.7 Å². The highest BCUT2D eigenvalue weighted by atomic mass is 79.9. The number of carbonyl (C=O) groups excluding carboxylic acids is 1. The van der Waals surface area contributed by atoms with E-state index in [0.29, 0.717) is 40.5 Å². The normalized spacial score (nSPS) is 10.8. The number of hydrazone groups is 1. The lowest BCUT2D eigenvalue weighted by Crippen LogP contribution is -2.18. The van der Waals surface area contributed by atoms with Gasteiger partial charge in [0.1, 0.15) is 12.4 Å². The lowest BCUT2D eigenvalue weighted by atomic mass is 10.2. The highest BCUT2D eigenvalue weighted by Crippen LogP contribution is 2.37. The van der Waals surface area contributed by atoms with Crippen molar-refractivity contribution in [2.75, 3.05) is 13.7 Å². The van der Waals surface area contributed by atoms with Gasteiger partial charge in [0.05, 0.1) is 30.0 Å². The van der Waals surface area contributed by atoms with Crippen molar-refractivity contribution < 1.29 is 19.0 Å². The fourth-order valence-electron chi connectivity index (χ4n) is 2.88. The van der Waals surface area contributed by atoms with Gasteiger partial charge in [0, 0.05) is 8.95 Å². The average molecular weight is 641 g/mol. The van der Waals surface area contributed by atoms with Crippen LogP contribution in [0.1, 0.15) is 28.4 Å². The summed E-state index contributed by atoms with van der Waals surface area (Å²) >= 11 is 10.3. The third kappa shape index (κ3) is 7.06. The molecule has 0 bridgehead atoms. The van der Waals surface area contributed by atoms with Crippen molar-refractivity contribution in [2.24, 2.45) is 5.10 Å². The zero-order chi connectivity index (χ0) is 23.8. The Kier molecular flexibility index (Phi) is 9.34. The largest absolute Gasteiger partial charge is 0.496 e. The topological polar surface area (TPSA) is 69.2 Å². The first-order valence-electron chi connectivity index (χ1n) is 9.91. The third-order valence-corrected chi connectivity index (χ3v) is 6.02. The number of hydrogen-bond donors (Lipinski definition) is 1. The van der Waals surface area contributed by atoms with E-state index in [1.54, 1.807) is 24.3 Å². The van der Waals surface area contributed by atoms with Crippen LogP contribution < -0.4 is 19.6 Å². The van der Waals surface area contributed by atoms with E-state index < -0.39 is 0 Å². The van der Waals surface area contributed by atoms with Crippen LogP contribution in [0.2, 0.25) is 0 Å². The number of carbonyl (C=O) groups is 1. The second kappa shape index (κ2) is 12.2. The first kappa shape index (κ1) is 25.3. The van der Waals surface area contributed by atoms with Crippen molar-refractivity contribution >= 4 is 59.9 Å². The molecule has 0 heterocycles. The molecule has 0 saturated carbocycles. The molecule has 33 heavy (non-hydrogen) atoms. The Labute approximate surface area is 217 Å². The monoisotopic (exact) mass is 638 g/mol. The van der Waals surface area contributed by atoms with Crippen LogP contribution in [0, 0.1) is 0 Å². The van der Waals surface area contributed by atoms with E-state index in [1.807, 2.05) is 37.3 Å². The smallest absolute Gasteiger partial charge is 0.275 e. The molecular formula is C24H21Br3N2O4. The lowest BCUT2D eigenvalue weighted by Gasteiger charge is -2.15. The van der Waals surface area contributed by atoms with Gasteiger partial charge in [-0.1, -0.05) is 44.0 Å². The highest BCUT2D eigenvalue weighted by Gasteiger charge is 2.14. The van der Waals surface area contributed by atoms with Gasteiger partial charge in [0.15, 0.2) is 11.5 Å². The van der Waals surface area contributed by atoms with Crippen molar-refractivity contribution in [1.82, 2.24) is 5.43 Å². The van der Waals surface area contributed by atoms with Crippen LogP contribution >= 0.6 is 47.8 Å². The molecule has 0 atom stereocenters. The predicted octanol–water partition coefficient (Wildman–Crippen LogP) is 6.72. The zero-order valence-corrected chi connectivity index (χ0v) is 22.7. The molecule has 9 heteroatoms. The van der Waals surface area contributed by atoms with E-state index in [1.165, 1.54) is 13.3 Å². The summed E-state index contributed by atoms with van der Waals surface area (Å²) in [5.41, 5.74) is 4.65. The molecule has 0 saturated heterocycles. The van der Waals surface area contributed by atoms with Gasteiger partial charge in [-0.3, -0.25) is 4.79 Å². The summed E-state index contributed by atoms with van der Waals surface area (Å²) in [4.78, 5) is 12.5. The molecule has 172 valence electrons. The zero-order valence-electron chi connectivity index (χ0n) is 17.9. The van der Waals surface area contributed by atoms with Crippen LogP contribution in [0.15, 0.2) is 73.1 Å². The summed E-state index contributed by atoms with van der Waals surface area (Å²) in [6.07, 6.45) is 1.54. The van der Waals surface area contributed by atoms with Gasteiger partial charge >= 0.3 is 0 Å². The Morgan fingerprint density at radius 3 is 2.39 bits per heavy atom. The van der Waals surface area contributed by atoms with Gasteiger partial charge in [-0.05, 0) is 76.4 Å². The quantitative estimate of drug-likeness (QED) is 0.208. The van der Waals surface area contributed by atoms with Crippen LogP contribution in [0.5, 0.6) is 17.2 Å². The molecule has 0 aromatic heterocycles. The minimum absolute atomic E-state index is 0.372. The summed E-state index contributed by atoms with van der Waals surface area (Å²) in [5, 5.41) is 4.08. The number of methoxy groups -OCH3 is 1. The number of amides is 1. The van der Waals surface area contributed by atoms with Gasteiger partial charge in [-0.15, -0.1) is 0 Å². The van der Waals surface area contributed by atoms with Gasteiger partial charge < -0.3 is 14.2 Å². The van der Waals surface area contributed by atoms with E-state index in [2.05, 4.69) is 58.3 Å². The number of nitrogens with one attached hydrogen (secondary N) is 1. The Hall–Kier alpha value is -2.36.